The molecule has 0 aromatic rings. The first-order chi connectivity index (χ1) is 8.25. The summed E-state index contributed by atoms with van der Waals surface area (Å²) in [5.41, 5.74) is 0. The molecule has 0 saturated carbocycles. The first-order valence-corrected chi connectivity index (χ1v) is 6.82. The summed E-state index contributed by atoms with van der Waals surface area (Å²) in [7, 11) is 1.91. The topological polar surface area (TPSA) is 41.6 Å². The molecule has 106 valence electrons. The molecule has 5 heteroatoms. The molecule has 4 nitrogen and oxygen atoms in total. The second kappa shape index (κ2) is 7.97. The van der Waals surface area contributed by atoms with E-state index in [1.165, 1.54) is 0 Å². The van der Waals surface area contributed by atoms with Crippen LogP contribution in [0.15, 0.2) is 0 Å². The fourth-order valence-electron chi connectivity index (χ4n) is 2.68. The summed E-state index contributed by atoms with van der Waals surface area (Å²) in [5.74, 6) is 0.864. The van der Waals surface area contributed by atoms with Gasteiger partial charge in [0.15, 0.2) is 0 Å². The maximum atomic E-state index is 12.0. The standard InChI is InChI=1S/C13H24N2O2.ClH/c1-15(10-12-3-2-8-17-12)13(16)9-11-4-6-14-7-5-11;/h11-12,14H,2-10H2,1H3;1H. The molecule has 1 unspecified atom stereocenters. The van der Waals surface area contributed by atoms with Crippen molar-refractivity contribution in [2.24, 2.45) is 5.92 Å². The molecule has 0 aromatic heterocycles. The molecule has 2 fully saturated rings. The monoisotopic (exact) mass is 276 g/mol. The number of halogens is 1. The van der Waals surface area contributed by atoms with Crippen LogP contribution < -0.4 is 5.32 Å². The van der Waals surface area contributed by atoms with Crippen molar-refractivity contribution in [1.29, 1.82) is 0 Å². The molecule has 2 heterocycles. The Morgan fingerprint density at radius 3 is 2.67 bits per heavy atom. The van der Waals surface area contributed by atoms with E-state index in [2.05, 4.69) is 5.32 Å². The van der Waals surface area contributed by atoms with Crippen molar-refractivity contribution in [3.8, 4) is 0 Å². The molecule has 1 amide bonds. The fraction of sp³-hybridized carbons (Fsp3) is 0.923. The van der Waals surface area contributed by atoms with Crippen molar-refractivity contribution in [1.82, 2.24) is 10.2 Å². The van der Waals surface area contributed by atoms with Crippen molar-refractivity contribution in [3.63, 3.8) is 0 Å². The van der Waals surface area contributed by atoms with E-state index in [0.29, 0.717) is 12.3 Å². The van der Waals surface area contributed by atoms with Crippen LogP contribution in [-0.4, -0.2) is 50.2 Å². The summed E-state index contributed by atoms with van der Waals surface area (Å²) in [6, 6.07) is 0. The second-order valence-electron chi connectivity index (χ2n) is 5.31. The van der Waals surface area contributed by atoms with Crippen molar-refractivity contribution in [2.75, 3.05) is 33.3 Å². The van der Waals surface area contributed by atoms with E-state index in [0.717, 1.165) is 51.9 Å². The highest BCUT2D eigenvalue weighted by atomic mass is 35.5. The third-order valence-electron chi connectivity index (χ3n) is 3.85. The average molecular weight is 277 g/mol. The Balaban J connectivity index is 0.00000162. The van der Waals surface area contributed by atoms with Gasteiger partial charge in [-0.25, -0.2) is 0 Å². The molecule has 0 spiro atoms. The average Bonchev–Trinajstić information content (AvgIpc) is 2.83. The molecule has 2 saturated heterocycles. The molecule has 0 aromatic carbocycles. The second-order valence-corrected chi connectivity index (χ2v) is 5.31. The Labute approximate surface area is 116 Å². The zero-order valence-corrected chi connectivity index (χ0v) is 12.0. The van der Waals surface area contributed by atoms with Crippen molar-refractivity contribution in [2.45, 2.75) is 38.2 Å². The highest BCUT2D eigenvalue weighted by Crippen LogP contribution is 2.18. The first-order valence-electron chi connectivity index (χ1n) is 6.82. The van der Waals surface area contributed by atoms with Crippen LogP contribution in [0.1, 0.15) is 32.1 Å². The number of likely N-dealkylation sites (N-methyl/N-ethyl adjacent to an activating group) is 1. The lowest BCUT2D eigenvalue weighted by molar-refractivity contribution is -0.132. The fourth-order valence-corrected chi connectivity index (χ4v) is 2.68. The van der Waals surface area contributed by atoms with Crippen LogP contribution >= 0.6 is 12.4 Å². The number of carbonyl (C=O) groups is 1. The quantitative estimate of drug-likeness (QED) is 0.845. The molecular weight excluding hydrogens is 252 g/mol. The van der Waals surface area contributed by atoms with Crippen LogP contribution in [0.3, 0.4) is 0 Å². The maximum Gasteiger partial charge on any atom is 0.222 e. The van der Waals surface area contributed by atoms with Gasteiger partial charge in [0.25, 0.3) is 0 Å². The zero-order chi connectivity index (χ0) is 12.1. The van der Waals surface area contributed by atoms with Crippen molar-refractivity contribution >= 4 is 18.3 Å². The van der Waals surface area contributed by atoms with E-state index in [-0.39, 0.29) is 24.4 Å². The lowest BCUT2D eigenvalue weighted by Gasteiger charge is -2.26. The molecule has 2 rings (SSSR count). The number of piperidine rings is 1. The maximum absolute atomic E-state index is 12.0. The van der Waals surface area contributed by atoms with Gasteiger partial charge in [0.2, 0.25) is 5.91 Å². The normalized spacial score (nSPS) is 24.6. The Morgan fingerprint density at radius 1 is 1.33 bits per heavy atom. The van der Waals surface area contributed by atoms with E-state index in [4.69, 9.17) is 4.74 Å². The summed E-state index contributed by atoms with van der Waals surface area (Å²) >= 11 is 0. The Morgan fingerprint density at radius 2 is 2.06 bits per heavy atom. The predicted molar refractivity (Wildman–Crippen MR) is 74.1 cm³/mol. The molecule has 1 N–H and O–H groups in total. The third-order valence-corrected chi connectivity index (χ3v) is 3.85. The van der Waals surface area contributed by atoms with Crippen LogP contribution in [0.25, 0.3) is 0 Å². The summed E-state index contributed by atoms with van der Waals surface area (Å²) in [4.78, 5) is 13.9. The number of nitrogens with zero attached hydrogens (tertiary/aromatic N) is 1. The van der Waals surface area contributed by atoms with E-state index in [1.807, 2.05) is 11.9 Å². The SMILES string of the molecule is CN(CC1CCCO1)C(=O)CC1CCNCC1.Cl. The minimum Gasteiger partial charge on any atom is -0.376 e. The van der Waals surface area contributed by atoms with E-state index < -0.39 is 0 Å². The van der Waals surface area contributed by atoms with Gasteiger partial charge in [-0.05, 0) is 44.7 Å². The summed E-state index contributed by atoms with van der Waals surface area (Å²) < 4.78 is 5.56. The summed E-state index contributed by atoms with van der Waals surface area (Å²) in [6.07, 6.45) is 5.51. The Hall–Kier alpha value is -0.320. The van der Waals surface area contributed by atoms with Crippen LogP contribution in [0, 0.1) is 5.92 Å². The Kier molecular flexibility index (Phi) is 6.97. The summed E-state index contributed by atoms with van der Waals surface area (Å²) in [6.45, 7) is 3.76. The lowest BCUT2D eigenvalue weighted by Crippen LogP contribution is -2.36. The number of ether oxygens (including phenoxy) is 1. The first kappa shape index (κ1) is 15.7. The van der Waals surface area contributed by atoms with Gasteiger partial charge in [-0.3, -0.25) is 4.79 Å². The molecule has 0 aliphatic carbocycles. The number of amides is 1. The number of carbonyl (C=O) groups excluding carboxylic acids is 1. The van der Waals surface area contributed by atoms with Gasteiger partial charge in [0.1, 0.15) is 0 Å². The number of hydrogen-bond acceptors (Lipinski definition) is 3. The third kappa shape index (κ3) is 4.75. The number of hydrogen-bond donors (Lipinski definition) is 1. The van der Waals surface area contributed by atoms with E-state index in [9.17, 15) is 4.79 Å². The minimum absolute atomic E-state index is 0. The lowest BCUT2D eigenvalue weighted by atomic mass is 9.94. The number of rotatable bonds is 4. The molecular formula is C13H25ClN2O2. The van der Waals surface area contributed by atoms with Crippen LogP contribution in [-0.2, 0) is 9.53 Å². The molecule has 2 aliphatic heterocycles. The van der Waals surface area contributed by atoms with Crippen LogP contribution in [0.2, 0.25) is 0 Å². The number of nitrogens with one attached hydrogen (secondary N) is 1. The molecule has 18 heavy (non-hydrogen) atoms. The van der Waals surface area contributed by atoms with Crippen LogP contribution in [0.4, 0.5) is 0 Å². The molecule has 0 bridgehead atoms. The van der Waals surface area contributed by atoms with Crippen LogP contribution in [0.5, 0.6) is 0 Å². The molecule has 2 aliphatic rings. The van der Waals surface area contributed by atoms with Gasteiger partial charge >= 0.3 is 0 Å². The highest BCUT2D eigenvalue weighted by Gasteiger charge is 2.22. The van der Waals surface area contributed by atoms with Gasteiger partial charge < -0.3 is 15.0 Å². The van der Waals surface area contributed by atoms with Crippen molar-refractivity contribution in [3.05, 3.63) is 0 Å². The van der Waals surface area contributed by atoms with Crippen molar-refractivity contribution < 1.29 is 9.53 Å². The smallest absolute Gasteiger partial charge is 0.222 e. The summed E-state index contributed by atoms with van der Waals surface area (Å²) in [5, 5.41) is 3.33. The van der Waals surface area contributed by atoms with Gasteiger partial charge in [-0.1, -0.05) is 0 Å². The Bertz CT molecular complexity index is 251. The zero-order valence-electron chi connectivity index (χ0n) is 11.2. The largest absolute Gasteiger partial charge is 0.376 e. The minimum atomic E-state index is 0. The van der Waals surface area contributed by atoms with Gasteiger partial charge in [-0.2, -0.15) is 0 Å². The van der Waals surface area contributed by atoms with Gasteiger partial charge in [-0.15, -0.1) is 12.4 Å². The molecule has 0 radical (unpaired) electrons. The predicted octanol–water partition coefficient (Wildman–Crippen LogP) is 1.44. The van der Waals surface area contributed by atoms with E-state index >= 15 is 0 Å². The van der Waals surface area contributed by atoms with Gasteiger partial charge in [0.05, 0.1) is 6.10 Å². The van der Waals surface area contributed by atoms with Gasteiger partial charge in [0, 0.05) is 26.6 Å². The highest BCUT2D eigenvalue weighted by molar-refractivity contribution is 5.85. The van der Waals surface area contributed by atoms with E-state index in [1.54, 1.807) is 0 Å². The molecule has 1 atom stereocenters.